The number of carbonyl (C=O) groups is 5. The SMILES string of the molecule is CCOc1cccc(C2C3=CCC4C(=O)N(c5ccc(C(=O)O)c(O)c5)C(=O)C4C3CC3(Cl)C(=O)N(c4c(F)c(F)c(F)c(F)c4F)C(=O)C23Cl)c1O. The van der Waals surface area contributed by atoms with Crippen molar-refractivity contribution < 1.29 is 66.0 Å². The lowest BCUT2D eigenvalue weighted by Gasteiger charge is -2.50. The van der Waals surface area contributed by atoms with E-state index in [1.54, 1.807) is 6.92 Å². The molecular formula is C35H23Cl2F5N2O9. The zero-order valence-corrected chi connectivity index (χ0v) is 28.3. The molecule has 0 aromatic heterocycles. The summed E-state index contributed by atoms with van der Waals surface area (Å²) in [5, 5.41) is 31.1. The molecule has 53 heavy (non-hydrogen) atoms. The van der Waals surface area contributed by atoms with Crippen LogP contribution in [0.5, 0.6) is 17.2 Å². The zero-order chi connectivity index (χ0) is 38.6. The second-order valence-electron chi connectivity index (χ2n) is 12.8. The van der Waals surface area contributed by atoms with Crippen LogP contribution < -0.4 is 14.5 Å². The molecule has 6 atom stereocenters. The highest BCUT2D eigenvalue weighted by atomic mass is 35.5. The van der Waals surface area contributed by atoms with Crippen LogP contribution >= 0.6 is 23.2 Å². The minimum absolute atomic E-state index is 0.0309. The number of aromatic carboxylic acids is 1. The quantitative estimate of drug-likeness (QED) is 0.0716. The molecule has 2 saturated heterocycles. The van der Waals surface area contributed by atoms with E-state index in [0.717, 1.165) is 18.2 Å². The van der Waals surface area contributed by atoms with Crippen molar-refractivity contribution >= 4 is 64.2 Å². The number of nitrogens with zero attached hydrogens (tertiary/aromatic N) is 2. The minimum Gasteiger partial charge on any atom is -0.507 e. The number of phenols is 2. The van der Waals surface area contributed by atoms with Gasteiger partial charge in [-0.15, -0.1) is 23.2 Å². The molecule has 0 bridgehead atoms. The molecule has 2 aliphatic carbocycles. The lowest BCUT2D eigenvalue weighted by atomic mass is 9.56. The van der Waals surface area contributed by atoms with Crippen LogP contribution in [0.2, 0.25) is 0 Å². The lowest BCUT2D eigenvalue weighted by molar-refractivity contribution is -0.125. The Morgan fingerprint density at radius 3 is 2.13 bits per heavy atom. The van der Waals surface area contributed by atoms with Gasteiger partial charge in [0.1, 0.15) is 17.0 Å². The van der Waals surface area contributed by atoms with Gasteiger partial charge < -0.3 is 20.1 Å². The van der Waals surface area contributed by atoms with Crippen molar-refractivity contribution in [3.63, 3.8) is 0 Å². The van der Waals surface area contributed by atoms with Crippen LogP contribution in [-0.2, 0) is 19.2 Å². The molecule has 3 aromatic rings. The average molecular weight is 781 g/mol. The third-order valence-electron chi connectivity index (χ3n) is 10.3. The van der Waals surface area contributed by atoms with Crippen molar-refractivity contribution in [3.8, 4) is 17.2 Å². The fourth-order valence-corrected chi connectivity index (χ4v) is 8.98. The number of carbonyl (C=O) groups excluding carboxylic acids is 4. The van der Waals surface area contributed by atoms with E-state index in [1.807, 2.05) is 0 Å². The lowest BCUT2D eigenvalue weighted by Crippen LogP contribution is -2.60. The number of benzene rings is 3. The fraction of sp³-hybridized carbons (Fsp3) is 0.286. The standard InChI is InChI=1S/C35H23Cl2F5N2O9/c1-2-53-19-5-3-4-16(28(19)46)21-13-8-9-15-20(30(48)43(29(15)47)12-6-7-14(31(49)50)18(45)10-12)17(13)11-34(36)32(51)44(33(52)35(21,34)37)27-25(41)23(39)22(38)24(40)26(27)42/h3-8,10,15,17,20-21,45-46H,2,9,11H2,1H3,(H,49,50). The Kier molecular flexibility index (Phi) is 8.30. The first-order valence-electron chi connectivity index (χ1n) is 15.8. The van der Waals surface area contributed by atoms with Gasteiger partial charge in [-0.05, 0) is 43.9 Å². The van der Waals surface area contributed by atoms with E-state index in [9.17, 15) is 52.5 Å². The Morgan fingerprint density at radius 1 is 0.887 bits per heavy atom. The maximum Gasteiger partial charge on any atom is 0.339 e. The van der Waals surface area contributed by atoms with Gasteiger partial charge in [0, 0.05) is 17.5 Å². The number of imide groups is 2. The Balaban J connectivity index is 1.43. The highest BCUT2D eigenvalue weighted by Gasteiger charge is 2.77. The summed E-state index contributed by atoms with van der Waals surface area (Å²) in [4.78, 5) is 62.9. The predicted molar refractivity (Wildman–Crippen MR) is 173 cm³/mol. The molecule has 6 unspecified atom stereocenters. The molecule has 7 rings (SSSR count). The number of ether oxygens (including phenoxy) is 1. The normalized spacial score (nSPS) is 27.8. The number of fused-ring (bicyclic) bond motifs is 4. The van der Waals surface area contributed by atoms with Crippen molar-refractivity contribution in [2.75, 3.05) is 16.4 Å². The van der Waals surface area contributed by atoms with E-state index in [1.165, 1.54) is 24.3 Å². The molecule has 18 heteroatoms. The summed E-state index contributed by atoms with van der Waals surface area (Å²) in [5.74, 6) is -26.3. The van der Waals surface area contributed by atoms with Crippen molar-refractivity contribution in [1.82, 2.24) is 0 Å². The fourth-order valence-electron chi connectivity index (χ4n) is 8.05. The molecule has 1 saturated carbocycles. The monoisotopic (exact) mass is 780 g/mol. The molecule has 3 fully saturated rings. The van der Waals surface area contributed by atoms with Gasteiger partial charge in [-0.3, -0.25) is 19.2 Å². The number of hydrogen-bond donors (Lipinski definition) is 3. The van der Waals surface area contributed by atoms with Crippen LogP contribution in [0.25, 0.3) is 0 Å². The Hall–Kier alpha value is -5.22. The molecule has 3 aromatic carbocycles. The van der Waals surface area contributed by atoms with E-state index in [2.05, 4.69) is 0 Å². The van der Waals surface area contributed by atoms with Gasteiger partial charge in [-0.1, -0.05) is 23.8 Å². The van der Waals surface area contributed by atoms with Crippen molar-refractivity contribution in [3.05, 3.63) is 88.3 Å². The largest absolute Gasteiger partial charge is 0.507 e. The van der Waals surface area contributed by atoms with Crippen LogP contribution in [0, 0.1) is 46.8 Å². The summed E-state index contributed by atoms with van der Waals surface area (Å²) in [7, 11) is 0. The highest BCUT2D eigenvalue weighted by molar-refractivity contribution is 6.58. The Labute approximate surface area is 304 Å². The summed E-state index contributed by atoms with van der Waals surface area (Å²) < 4.78 is 79.0. The van der Waals surface area contributed by atoms with E-state index in [-0.39, 0.29) is 40.5 Å². The number of carboxylic acid groups (broad SMARTS) is 1. The first-order chi connectivity index (χ1) is 24.9. The molecule has 0 radical (unpaired) electrons. The zero-order valence-electron chi connectivity index (χ0n) is 26.8. The number of halogens is 7. The van der Waals surface area contributed by atoms with E-state index >= 15 is 8.78 Å². The van der Waals surface area contributed by atoms with Gasteiger partial charge in [0.25, 0.3) is 11.8 Å². The number of phenolic OH excluding ortho intramolecular Hbond substituents is 1. The van der Waals surface area contributed by atoms with Crippen LogP contribution in [0.1, 0.15) is 41.6 Å². The molecule has 0 spiro atoms. The number of anilines is 2. The summed E-state index contributed by atoms with van der Waals surface area (Å²) >= 11 is 14.2. The van der Waals surface area contributed by atoms with Crippen molar-refractivity contribution in [2.45, 2.75) is 35.4 Å². The number of para-hydroxylation sites is 1. The summed E-state index contributed by atoms with van der Waals surface area (Å²) in [5.41, 5.74) is -2.83. The molecule has 4 aliphatic rings. The first-order valence-corrected chi connectivity index (χ1v) is 16.6. The molecular weight excluding hydrogens is 758 g/mol. The summed E-state index contributed by atoms with van der Waals surface area (Å²) in [6.07, 6.45) is 0.438. The molecule has 3 N–H and O–H groups in total. The van der Waals surface area contributed by atoms with Gasteiger partial charge in [-0.25, -0.2) is 36.5 Å². The third-order valence-corrected chi connectivity index (χ3v) is 11.7. The predicted octanol–water partition coefficient (Wildman–Crippen LogP) is 5.66. The van der Waals surface area contributed by atoms with Crippen LogP contribution in [0.3, 0.4) is 0 Å². The first kappa shape index (κ1) is 36.2. The van der Waals surface area contributed by atoms with Gasteiger partial charge in [0.05, 0.1) is 24.1 Å². The topological polar surface area (TPSA) is 162 Å². The molecule has 276 valence electrons. The van der Waals surface area contributed by atoms with Crippen LogP contribution in [0.4, 0.5) is 33.3 Å². The third kappa shape index (κ3) is 4.67. The molecule has 2 aliphatic heterocycles. The van der Waals surface area contributed by atoms with E-state index in [4.69, 9.17) is 27.9 Å². The summed E-state index contributed by atoms with van der Waals surface area (Å²) in [6.45, 7) is 1.62. The minimum atomic E-state index is -2.87. The molecule has 2 heterocycles. The van der Waals surface area contributed by atoms with Crippen molar-refractivity contribution in [2.24, 2.45) is 17.8 Å². The molecule has 11 nitrogen and oxygen atoms in total. The number of allylic oxidation sites excluding steroid dienone is 2. The summed E-state index contributed by atoms with van der Waals surface area (Å²) in [6, 6.07) is 6.94. The Bertz CT molecular complexity index is 2230. The number of amides is 4. The number of aromatic hydroxyl groups is 2. The number of rotatable bonds is 6. The maximum atomic E-state index is 15.3. The van der Waals surface area contributed by atoms with Gasteiger partial charge in [-0.2, -0.15) is 0 Å². The average Bonchev–Trinajstić information content (AvgIpc) is 3.45. The van der Waals surface area contributed by atoms with Gasteiger partial charge >= 0.3 is 5.97 Å². The van der Waals surface area contributed by atoms with Crippen molar-refractivity contribution in [1.29, 1.82) is 0 Å². The smallest absolute Gasteiger partial charge is 0.339 e. The molecule has 4 amide bonds. The number of alkyl halides is 2. The van der Waals surface area contributed by atoms with Gasteiger partial charge in [0.15, 0.2) is 44.5 Å². The highest BCUT2D eigenvalue weighted by Crippen LogP contribution is 2.67. The second kappa shape index (κ2) is 12.2. The maximum absolute atomic E-state index is 15.3. The number of carboxylic acids is 1. The van der Waals surface area contributed by atoms with E-state index in [0.29, 0.717) is 4.90 Å². The van der Waals surface area contributed by atoms with Crippen LogP contribution in [0.15, 0.2) is 48.0 Å². The van der Waals surface area contributed by atoms with E-state index < -0.39 is 121 Å². The second-order valence-corrected chi connectivity index (χ2v) is 14.1. The number of hydrogen-bond acceptors (Lipinski definition) is 8. The van der Waals surface area contributed by atoms with Crippen LogP contribution in [-0.4, -0.2) is 61.3 Å². The van der Waals surface area contributed by atoms with Gasteiger partial charge in [0.2, 0.25) is 17.6 Å². The Morgan fingerprint density at radius 2 is 1.53 bits per heavy atom.